The molecule has 1 amide bonds. The second-order valence-electron chi connectivity index (χ2n) is 5.49. The van der Waals surface area contributed by atoms with Crippen LogP contribution in [-0.2, 0) is 11.2 Å². The van der Waals surface area contributed by atoms with Gasteiger partial charge >= 0.3 is 0 Å². The molecule has 0 bridgehead atoms. The average Bonchev–Trinajstić information content (AvgIpc) is 2.51. The van der Waals surface area contributed by atoms with E-state index in [9.17, 15) is 4.79 Å². The molecule has 1 aliphatic heterocycles. The number of hydrogen-bond donors (Lipinski definition) is 3. The first-order valence-electron chi connectivity index (χ1n) is 7.76. The summed E-state index contributed by atoms with van der Waals surface area (Å²) >= 11 is 0. The van der Waals surface area contributed by atoms with Gasteiger partial charge < -0.3 is 16.0 Å². The normalized spacial score (nSPS) is 18.2. The molecule has 0 aliphatic carbocycles. The summed E-state index contributed by atoms with van der Waals surface area (Å²) in [5.41, 5.74) is 1.07. The molecule has 1 aromatic rings. The van der Waals surface area contributed by atoms with Crippen molar-refractivity contribution in [2.24, 2.45) is 0 Å². The molecule has 1 saturated heterocycles. The third kappa shape index (κ3) is 6.08. The fraction of sp³-hybridized carbons (Fsp3) is 0.667. The predicted molar refractivity (Wildman–Crippen MR) is 83.2 cm³/mol. The number of hydrogen-bond acceptors (Lipinski definition) is 5. The summed E-state index contributed by atoms with van der Waals surface area (Å²) in [6, 6.07) is 2.63. The standard InChI is InChI=1S/C15H25N5O/c1-12(21)16-8-9-18-15-10-14(19-11-20-15)6-5-13-4-2-3-7-17-13/h10-11,13,17H,2-9H2,1H3,(H,16,21)(H,18,19,20)/t13-/m0/s1. The van der Waals surface area contributed by atoms with Crippen molar-refractivity contribution in [2.45, 2.75) is 45.1 Å². The highest BCUT2D eigenvalue weighted by Crippen LogP contribution is 2.13. The summed E-state index contributed by atoms with van der Waals surface area (Å²) in [6.07, 6.45) is 7.60. The molecule has 6 nitrogen and oxygen atoms in total. The molecule has 1 atom stereocenters. The zero-order valence-electron chi connectivity index (χ0n) is 12.7. The Morgan fingerprint density at radius 1 is 1.38 bits per heavy atom. The number of piperidine rings is 1. The van der Waals surface area contributed by atoms with Crippen molar-refractivity contribution >= 4 is 11.7 Å². The molecule has 21 heavy (non-hydrogen) atoms. The van der Waals surface area contributed by atoms with E-state index in [0.29, 0.717) is 19.1 Å². The van der Waals surface area contributed by atoms with Crippen LogP contribution in [0.4, 0.5) is 5.82 Å². The van der Waals surface area contributed by atoms with Gasteiger partial charge in [-0.05, 0) is 32.2 Å². The van der Waals surface area contributed by atoms with Crippen LogP contribution in [0.25, 0.3) is 0 Å². The second-order valence-corrected chi connectivity index (χ2v) is 5.49. The van der Waals surface area contributed by atoms with Crippen molar-refractivity contribution in [1.29, 1.82) is 0 Å². The van der Waals surface area contributed by atoms with Crippen molar-refractivity contribution < 1.29 is 4.79 Å². The smallest absolute Gasteiger partial charge is 0.216 e. The number of nitrogens with one attached hydrogen (secondary N) is 3. The van der Waals surface area contributed by atoms with E-state index in [-0.39, 0.29) is 5.91 Å². The van der Waals surface area contributed by atoms with Crippen LogP contribution in [0.2, 0.25) is 0 Å². The van der Waals surface area contributed by atoms with Crippen molar-refractivity contribution in [1.82, 2.24) is 20.6 Å². The van der Waals surface area contributed by atoms with Crippen molar-refractivity contribution in [3.05, 3.63) is 18.1 Å². The molecule has 6 heteroatoms. The number of anilines is 1. The van der Waals surface area contributed by atoms with E-state index in [1.807, 2.05) is 6.07 Å². The molecule has 1 fully saturated rings. The SMILES string of the molecule is CC(=O)NCCNc1cc(CC[C@@H]2CCCCN2)ncn1. The predicted octanol–water partition coefficient (Wildman–Crippen LogP) is 1.10. The van der Waals surface area contributed by atoms with E-state index < -0.39 is 0 Å². The minimum absolute atomic E-state index is 0.0137. The molecule has 2 rings (SSSR count). The maximum atomic E-state index is 10.8. The molecular weight excluding hydrogens is 266 g/mol. The molecule has 1 aromatic heterocycles. The molecule has 0 saturated carbocycles. The van der Waals surface area contributed by atoms with E-state index in [1.54, 1.807) is 6.33 Å². The van der Waals surface area contributed by atoms with Crippen LogP contribution in [0.5, 0.6) is 0 Å². The van der Waals surface area contributed by atoms with Gasteiger partial charge in [0.05, 0.1) is 0 Å². The average molecular weight is 291 g/mol. The lowest BCUT2D eigenvalue weighted by Gasteiger charge is -2.23. The lowest BCUT2D eigenvalue weighted by atomic mass is 10.00. The van der Waals surface area contributed by atoms with Gasteiger partial charge in [0.15, 0.2) is 0 Å². The first kappa shape index (κ1) is 15.7. The van der Waals surface area contributed by atoms with E-state index in [2.05, 4.69) is 25.9 Å². The van der Waals surface area contributed by atoms with Gasteiger partial charge in [-0.1, -0.05) is 6.42 Å². The Morgan fingerprint density at radius 3 is 3.05 bits per heavy atom. The molecule has 1 aliphatic rings. The summed E-state index contributed by atoms with van der Waals surface area (Å²) in [6.45, 7) is 3.92. The molecule has 116 valence electrons. The molecule has 0 spiro atoms. The van der Waals surface area contributed by atoms with Gasteiger partial charge in [-0.3, -0.25) is 4.79 Å². The van der Waals surface area contributed by atoms with Crippen LogP contribution in [-0.4, -0.2) is 41.6 Å². The Morgan fingerprint density at radius 2 is 2.29 bits per heavy atom. The molecule has 0 aromatic carbocycles. The fourth-order valence-electron chi connectivity index (χ4n) is 2.55. The van der Waals surface area contributed by atoms with Crippen LogP contribution in [0, 0.1) is 0 Å². The Kier molecular flexibility index (Phi) is 6.40. The Hall–Kier alpha value is -1.69. The van der Waals surface area contributed by atoms with Crippen LogP contribution >= 0.6 is 0 Å². The Bertz CT molecular complexity index is 445. The third-order valence-electron chi connectivity index (χ3n) is 3.69. The molecule has 0 radical (unpaired) electrons. The first-order chi connectivity index (χ1) is 10.2. The van der Waals surface area contributed by atoms with E-state index in [1.165, 1.54) is 26.2 Å². The summed E-state index contributed by atoms with van der Waals surface area (Å²) < 4.78 is 0. The van der Waals surface area contributed by atoms with Gasteiger partial charge in [0.25, 0.3) is 0 Å². The van der Waals surface area contributed by atoms with Gasteiger partial charge in [0.1, 0.15) is 12.1 Å². The fourth-order valence-corrected chi connectivity index (χ4v) is 2.55. The van der Waals surface area contributed by atoms with Crippen molar-refractivity contribution in [3.63, 3.8) is 0 Å². The lowest BCUT2D eigenvalue weighted by molar-refractivity contribution is -0.118. The summed E-state index contributed by atoms with van der Waals surface area (Å²) in [7, 11) is 0. The van der Waals surface area contributed by atoms with Crippen LogP contribution < -0.4 is 16.0 Å². The quantitative estimate of drug-likeness (QED) is 0.656. The van der Waals surface area contributed by atoms with E-state index >= 15 is 0 Å². The van der Waals surface area contributed by atoms with Crippen LogP contribution in [0.3, 0.4) is 0 Å². The molecular formula is C15H25N5O. The largest absolute Gasteiger partial charge is 0.368 e. The number of nitrogens with zero attached hydrogens (tertiary/aromatic N) is 2. The number of amides is 1. The number of carbonyl (C=O) groups is 1. The maximum Gasteiger partial charge on any atom is 0.216 e. The summed E-state index contributed by atoms with van der Waals surface area (Å²) in [5.74, 6) is 0.808. The van der Waals surface area contributed by atoms with E-state index in [0.717, 1.165) is 30.9 Å². The third-order valence-corrected chi connectivity index (χ3v) is 3.69. The molecule has 3 N–H and O–H groups in total. The maximum absolute atomic E-state index is 10.8. The number of rotatable bonds is 7. The number of aryl methyl sites for hydroxylation is 1. The topological polar surface area (TPSA) is 78.9 Å². The van der Waals surface area contributed by atoms with Gasteiger partial charge in [-0.25, -0.2) is 9.97 Å². The van der Waals surface area contributed by atoms with E-state index in [4.69, 9.17) is 0 Å². The molecule has 0 unspecified atom stereocenters. The summed E-state index contributed by atoms with van der Waals surface area (Å²) in [5, 5.41) is 9.50. The Balaban J connectivity index is 1.73. The lowest BCUT2D eigenvalue weighted by Crippen LogP contribution is -2.34. The van der Waals surface area contributed by atoms with Crippen molar-refractivity contribution in [3.8, 4) is 0 Å². The minimum atomic E-state index is -0.0137. The monoisotopic (exact) mass is 291 g/mol. The minimum Gasteiger partial charge on any atom is -0.368 e. The number of carbonyl (C=O) groups excluding carboxylic acids is 1. The van der Waals surface area contributed by atoms with Gasteiger partial charge in [-0.15, -0.1) is 0 Å². The van der Waals surface area contributed by atoms with Crippen LogP contribution in [0.1, 0.15) is 38.3 Å². The second kappa shape index (κ2) is 8.56. The van der Waals surface area contributed by atoms with Gasteiger partial charge in [0, 0.05) is 37.8 Å². The zero-order chi connectivity index (χ0) is 14.9. The Labute approximate surface area is 126 Å². The van der Waals surface area contributed by atoms with Gasteiger partial charge in [0.2, 0.25) is 5.91 Å². The highest BCUT2D eigenvalue weighted by atomic mass is 16.1. The van der Waals surface area contributed by atoms with Crippen LogP contribution in [0.15, 0.2) is 12.4 Å². The highest BCUT2D eigenvalue weighted by Gasteiger charge is 2.12. The highest BCUT2D eigenvalue weighted by molar-refractivity contribution is 5.72. The first-order valence-corrected chi connectivity index (χ1v) is 7.76. The number of aromatic nitrogens is 2. The van der Waals surface area contributed by atoms with Crippen molar-refractivity contribution in [2.75, 3.05) is 25.0 Å². The summed E-state index contributed by atoms with van der Waals surface area (Å²) in [4.78, 5) is 19.3. The molecule has 2 heterocycles. The van der Waals surface area contributed by atoms with Gasteiger partial charge in [-0.2, -0.15) is 0 Å². The zero-order valence-corrected chi connectivity index (χ0v) is 12.7.